The molecule has 0 aliphatic rings. The first-order chi connectivity index (χ1) is 14.5. The molecule has 0 spiro atoms. The lowest BCUT2D eigenvalue weighted by atomic mass is 10.1. The van der Waals surface area contributed by atoms with Crippen molar-refractivity contribution in [2.24, 2.45) is 0 Å². The van der Waals surface area contributed by atoms with Crippen molar-refractivity contribution in [1.29, 1.82) is 0 Å². The van der Waals surface area contributed by atoms with E-state index in [0.29, 0.717) is 22.3 Å². The Morgan fingerprint density at radius 1 is 1.07 bits per heavy atom. The molecule has 4 aromatic rings. The summed E-state index contributed by atoms with van der Waals surface area (Å²) in [5, 5.41) is 3.40. The first-order valence-electron chi connectivity index (χ1n) is 9.52. The molecule has 150 valence electrons. The molecule has 30 heavy (non-hydrogen) atoms. The highest BCUT2D eigenvalue weighted by atomic mass is 16.1. The van der Waals surface area contributed by atoms with Gasteiger partial charge in [-0.05, 0) is 49.2 Å². The topological polar surface area (TPSA) is 103 Å². The molecule has 1 amide bonds. The smallest absolute Gasteiger partial charge is 0.266 e. The number of amides is 1. The van der Waals surface area contributed by atoms with Gasteiger partial charge < -0.3 is 11.1 Å². The predicted molar refractivity (Wildman–Crippen MR) is 117 cm³/mol. The molecule has 0 radical (unpaired) electrons. The maximum atomic E-state index is 13.5. The van der Waals surface area contributed by atoms with Crippen LogP contribution in [0, 0.1) is 13.8 Å². The molecular formula is C23H21N5O2. The number of hydrogen-bond donors (Lipinski definition) is 2. The van der Waals surface area contributed by atoms with Gasteiger partial charge >= 0.3 is 0 Å². The number of rotatable bonds is 4. The molecule has 2 heterocycles. The van der Waals surface area contributed by atoms with Gasteiger partial charge in [-0.3, -0.25) is 14.2 Å². The fourth-order valence-corrected chi connectivity index (χ4v) is 3.47. The third kappa shape index (κ3) is 3.53. The Balaban J connectivity index is 1.82. The van der Waals surface area contributed by atoms with Gasteiger partial charge in [0.05, 0.1) is 23.1 Å². The van der Waals surface area contributed by atoms with Gasteiger partial charge in [0.2, 0.25) is 0 Å². The summed E-state index contributed by atoms with van der Waals surface area (Å²) in [7, 11) is 0. The molecule has 0 saturated carbocycles. The van der Waals surface area contributed by atoms with Crippen LogP contribution in [0.15, 0.2) is 65.6 Å². The monoisotopic (exact) mass is 399 g/mol. The Morgan fingerprint density at radius 2 is 1.83 bits per heavy atom. The van der Waals surface area contributed by atoms with E-state index in [1.807, 2.05) is 50.2 Å². The van der Waals surface area contributed by atoms with E-state index in [9.17, 15) is 9.59 Å². The first kappa shape index (κ1) is 19.3. The number of nitrogen functional groups attached to an aromatic ring is 1. The highest BCUT2D eigenvalue weighted by molar-refractivity contribution is 5.94. The van der Waals surface area contributed by atoms with Gasteiger partial charge in [0.1, 0.15) is 11.6 Å². The van der Waals surface area contributed by atoms with E-state index < -0.39 is 0 Å². The number of carbonyl (C=O) groups excluding carboxylic acids is 1. The molecule has 0 unspecified atom stereocenters. The van der Waals surface area contributed by atoms with E-state index in [1.165, 1.54) is 12.3 Å². The van der Waals surface area contributed by atoms with E-state index in [2.05, 4.69) is 10.3 Å². The normalized spacial score (nSPS) is 10.9. The SMILES string of the molecule is Cc1ccccc1-n1c(CNC(=O)c2ccnc(N)c2)nc2cccc(C)c2c1=O. The fraction of sp³-hybridized carbons (Fsp3) is 0.130. The van der Waals surface area contributed by atoms with E-state index in [1.54, 1.807) is 16.7 Å². The van der Waals surface area contributed by atoms with E-state index in [4.69, 9.17) is 10.7 Å². The molecule has 7 nitrogen and oxygen atoms in total. The molecular weight excluding hydrogens is 378 g/mol. The van der Waals surface area contributed by atoms with Crippen LogP contribution in [0.1, 0.15) is 27.3 Å². The third-order valence-corrected chi connectivity index (χ3v) is 4.98. The molecule has 7 heteroatoms. The molecule has 0 fully saturated rings. The Kier molecular flexibility index (Phi) is 5.02. The minimum absolute atomic E-state index is 0.0779. The van der Waals surface area contributed by atoms with Crippen molar-refractivity contribution in [3.63, 3.8) is 0 Å². The molecule has 3 N–H and O–H groups in total. The van der Waals surface area contributed by atoms with Crippen LogP contribution in [-0.2, 0) is 6.54 Å². The standard InChI is InChI=1S/C23H21N5O2/c1-14-6-3-4-9-18(14)28-20(13-26-22(29)16-10-11-25-19(24)12-16)27-17-8-5-7-15(2)21(17)23(28)30/h3-12H,13H2,1-2H3,(H2,24,25)(H,26,29). The lowest BCUT2D eigenvalue weighted by Gasteiger charge is -2.16. The van der Waals surface area contributed by atoms with Crippen LogP contribution in [0.2, 0.25) is 0 Å². The number of fused-ring (bicyclic) bond motifs is 1. The van der Waals surface area contributed by atoms with Crippen molar-refractivity contribution in [3.8, 4) is 5.69 Å². The number of nitrogens with two attached hydrogens (primary N) is 1. The van der Waals surface area contributed by atoms with Crippen LogP contribution in [0.5, 0.6) is 0 Å². The number of nitrogens with zero attached hydrogens (tertiary/aromatic N) is 3. The van der Waals surface area contributed by atoms with Gasteiger partial charge in [-0.2, -0.15) is 0 Å². The third-order valence-electron chi connectivity index (χ3n) is 4.98. The summed E-state index contributed by atoms with van der Waals surface area (Å²) in [6, 6.07) is 16.2. The number of pyridine rings is 1. The zero-order chi connectivity index (χ0) is 21.3. The zero-order valence-corrected chi connectivity index (χ0v) is 16.7. The molecule has 0 saturated heterocycles. The highest BCUT2D eigenvalue weighted by Gasteiger charge is 2.16. The van der Waals surface area contributed by atoms with Gasteiger partial charge in [0, 0.05) is 11.8 Å². The molecule has 0 aliphatic carbocycles. The second-order valence-corrected chi connectivity index (χ2v) is 7.08. The molecule has 0 atom stereocenters. The van der Waals surface area contributed by atoms with E-state index >= 15 is 0 Å². The Labute approximate surface area is 173 Å². The van der Waals surface area contributed by atoms with Gasteiger partial charge in [0.15, 0.2) is 0 Å². The fourth-order valence-electron chi connectivity index (χ4n) is 3.47. The molecule has 0 aliphatic heterocycles. The van der Waals surface area contributed by atoms with Crippen molar-refractivity contribution in [2.45, 2.75) is 20.4 Å². The molecule has 2 aromatic heterocycles. The lowest BCUT2D eigenvalue weighted by Crippen LogP contribution is -2.31. The van der Waals surface area contributed by atoms with Crippen molar-refractivity contribution in [2.75, 3.05) is 5.73 Å². The van der Waals surface area contributed by atoms with Crippen LogP contribution >= 0.6 is 0 Å². The number of carbonyl (C=O) groups is 1. The summed E-state index contributed by atoms with van der Waals surface area (Å²) < 4.78 is 1.58. The van der Waals surface area contributed by atoms with Crippen molar-refractivity contribution < 1.29 is 4.79 Å². The number of aryl methyl sites for hydroxylation is 2. The average molecular weight is 399 g/mol. The van der Waals surface area contributed by atoms with Crippen molar-refractivity contribution in [3.05, 3.63) is 93.7 Å². The molecule has 2 aromatic carbocycles. The summed E-state index contributed by atoms with van der Waals surface area (Å²) in [4.78, 5) is 34.7. The van der Waals surface area contributed by atoms with Crippen molar-refractivity contribution >= 4 is 22.6 Å². The number of benzene rings is 2. The predicted octanol–water partition coefficient (Wildman–Crippen LogP) is 2.91. The molecule has 0 bridgehead atoms. The van der Waals surface area contributed by atoms with Gasteiger partial charge in [-0.1, -0.05) is 30.3 Å². The number of nitrogens with one attached hydrogen (secondary N) is 1. The maximum Gasteiger partial charge on any atom is 0.266 e. The quantitative estimate of drug-likeness (QED) is 0.549. The van der Waals surface area contributed by atoms with Crippen LogP contribution in [0.3, 0.4) is 0 Å². The van der Waals surface area contributed by atoms with Crippen LogP contribution < -0.4 is 16.6 Å². The first-order valence-corrected chi connectivity index (χ1v) is 9.52. The Bertz CT molecular complexity index is 1330. The largest absolute Gasteiger partial charge is 0.384 e. The number of aromatic nitrogens is 3. The van der Waals surface area contributed by atoms with Gasteiger partial charge in [0.25, 0.3) is 11.5 Å². The summed E-state index contributed by atoms with van der Waals surface area (Å²) in [5.41, 5.74) is 9.02. The Morgan fingerprint density at radius 3 is 2.60 bits per heavy atom. The second kappa shape index (κ2) is 7.79. The number of hydrogen-bond acceptors (Lipinski definition) is 5. The van der Waals surface area contributed by atoms with E-state index in [-0.39, 0.29) is 23.8 Å². The van der Waals surface area contributed by atoms with Gasteiger partial charge in [-0.15, -0.1) is 0 Å². The lowest BCUT2D eigenvalue weighted by molar-refractivity contribution is 0.0949. The maximum absolute atomic E-state index is 13.5. The van der Waals surface area contributed by atoms with Crippen LogP contribution in [-0.4, -0.2) is 20.4 Å². The van der Waals surface area contributed by atoms with Gasteiger partial charge in [-0.25, -0.2) is 9.97 Å². The number of anilines is 1. The Hall–Kier alpha value is -4.00. The summed E-state index contributed by atoms with van der Waals surface area (Å²) in [6.07, 6.45) is 1.48. The van der Waals surface area contributed by atoms with Crippen LogP contribution in [0.4, 0.5) is 5.82 Å². The average Bonchev–Trinajstić information content (AvgIpc) is 2.73. The highest BCUT2D eigenvalue weighted by Crippen LogP contribution is 2.18. The second-order valence-electron chi connectivity index (χ2n) is 7.08. The minimum atomic E-state index is -0.320. The summed E-state index contributed by atoms with van der Waals surface area (Å²) in [5.74, 6) is 0.389. The van der Waals surface area contributed by atoms with Crippen molar-refractivity contribution in [1.82, 2.24) is 19.9 Å². The zero-order valence-electron chi connectivity index (χ0n) is 16.7. The minimum Gasteiger partial charge on any atom is -0.384 e. The van der Waals surface area contributed by atoms with E-state index in [0.717, 1.165) is 16.8 Å². The summed E-state index contributed by atoms with van der Waals surface area (Å²) >= 11 is 0. The molecule has 4 rings (SSSR count). The summed E-state index contributed by atoms with van der Waals surface area (Å²) in [6.45, 7) is 3.91. The number of para-hydroxylation sites is 1. The van der Waals surface area contributed by atoms with Crippen LogP contribution in [0.25, 0.3) is 16.6 Å².